The van der Waals surface area contributed by atoms with Gasteiger partial charge in [0.25, 0.3) is 0 Å². The van der Waals surface area contributed by atoms with Crippen LogP contribution in [0.5, 0.6) is 5.88 Å². The average Bonchev–Trinajstić information content (AvgIpc) is 2.45. The molecule has 1 aliphatic carbocycles. The summed E-state index contributed by atoms with van der Waals surface area (Å²) in [6, 6.07) is 4.09. The van der Waals surface area contributed by atoms with Gasteiger partial charge in [0.15, 0.2) is 0 Å². The highest BCUT2D eigenvalue weighted by molar-refractivity contribution is 5.24. The first-order valence-corrected chi connectivity index (χ1v) is 7.65. The number of rotatable bonds is 5. The second kappa shape index (κ2) is 8.00. The molecule has 1 aromatic rings. The molecule has 1 aromatic heterocycles. The molecule has 1 atom stereocenters. The van der Waals surface area contributed by atoms with Gasteiger partial charge in [0.1, 0.15) is 0 Å². The summed E-state index contributed by atoms with van der Waals surface area (Å²) in [6.45, 7) is 3.06. The van der Waals surface area contributed by atoms with Crippen LogP contribution < -0.4 is 10.1 Å². The molecule has 1 unspecified atom stereocenters. The molecule has 0 fully saturated rings. The summed E-state index contributed by atoms with van der Waals surface area (Å²) in [4.78, 5) is 0. The van der Waals surface area contributed by atoms with Crippen molar-refractivity contribution in [3.63, 3.8) is 0 Å². The minimum Gasteiger partial charge on any atom is -0.480 e. The van der Waals surface area contributed by atoms with E-state index in [0.717, 1.165) is 18.7 Å². The third-order valence-electron chi connectivity index (χ3n) is 3.77. The maximum atomic E-state index is 5.08. The number of nitrogens with one attached hydrogen (secondary N) is 1. The first kappa shape index (κ1) is 15.0. The van der Waals surface area contributed by atoms with Crippen molar-refractivity contribution in [2.45, 2.75) is 51.5 Å². The lowest BCUT2D eigenvalue weighted by Gasteiger charge is -2.22. The van der Waals surface area contributed by atoms with E-state index < -0.39 is 0 Å². The highest BCUT2D eigenvalue weighted by Gasteiger charge is 2.18. The molecule has 0 amide bonds. The van der Waals surface area contributed by atoms with Crippen LogP contribution in [0.2, 0.25) is 0 Å². The zero-order valence-corrected chi connectivity index (χ0v) is 12.6. The summed E-state index contributed by atoms with van der Waals surface area (Å²) in [5.74, 6) is 0.565. The molecule has 1 N–H and O–H groups in total. The molecule has 0 aliphatic heterocycles. The van der Waals surface area contributed by atoms with Gasteiger partial charge in [-0.2, -0.15) is 0 Å². The van der Waals surface area contributed by atoms with Crippen LogP contribution >= 0.6 is 0 Å². The topological polar surface area (TPSA) is 47.0 Å². The highest BCUT2D eigenvalue weighted by atomic mass is 16.5. The van der Waals surface area contributed by atoms with Gasteiger partial charge in [-0.05, 0) is 38.3 Å². The average molecular weight is 275 g/mol. The number of hydrogen-bond donors (Lipinski definition) is 1. The van der Waals surface area contributed by atoms with E-state index in [2.05, 4.69) is 28.5 Å². The molecule has 0 saturated carbocycles. The second-order valence-corrected chi connectivity index (χ2v) is 5.22. The van der Waals surface area contributed by atoms with Gasteiger partial charge in [-0.1, -0.05) is 31.4 Å². The fraction of sp³-hybridized carbons (Fsp3) is 0.625. The third-order valence-corrected chi connectivity index (χ3v) is 3.77. The summed E-state index contributed by atoms with van der Waals surface area (Å²) < 4.78 is 5.08. The minimum atomic E-state index is 0.191. The number of ether oxygens (including phenoxy) is 1. The molecule has 0 radical (unpaired) electrons. The van der Waals surface area contributed by atoms with Crippen LogP contribution in [0.3, 0.4) is 0 Å². The van der Waals surface area contributed by atoms with E-state index in [0.29, 0.717) is 5.88 Å². The van der Waals surface area contributed by atoms with E-state index in [9.17, 15) is 0 Å². The molecule has 0 bridgehead atoms. The zero-order valence-electron chi connectivity index (χ0n) is 12.6. The molecule has 110 valence electrons. The van der Waals surface area contributed by atoms with Gasteiger partial charge in [0.05, 0.1) is 18.8 Å². The fourth-order valence-electron chi connectivity index (χ4n) is 2.70. The predicted molar refractivity (Wildman–Crippen MR) is 80.8 cm³/mol. The smallest absolute Gasteiger partial charge is 0.233 e. The zero-order chi connectivity index (χ0) is 14.2. The Balaban J connectivity index is 2.19. The molecule has 4 nitrogen and oxygen atoms in total. The highest BCUT2D eigenvalue weighted by Crippen LogP contribution is 2.28. The molecule has 20 heavy (non-hydrogen) atoms. The number of likely N-dealkylation sites (N-methyl/N-ethyl adjacent to an activating group) is 1. The Morgan fingerprint density at radius 1 is 1.20 bits per heavy atom. The summed E-state index contributed by atoms with van der Waals surface area (Å²) >= 11 is 0. The van der Waals surface area contributed by atoms with Gasteiger partial charge in [-0.3, -0.25) is 0 Å². The Hall–Kier alpha value is -1.42. The van der Waals surface area contributed by atoms with Crippen LogP contribution in [0.1, 0.15) is 57.2 Å². The molecular formula is C16H25N3O. The molecule has 1 aliphatic rings. The Labute approximate surface area is 121 Å². The third kappa shape index (κ3) is 4.04. The minimum absolute atomic E-state index is 0.191. The Morgan fingerprint density at radius 3 is 2.75 bits per heavy atom. The Kier molecular flexibility index (Phi) is 5.99. The first-order chi connectivity index (χ1) is 9.85. The van der Waals surface area contributed by atoms with Crippen molar-refractivity contribution in [1.82, 2.24) is 15.5 Å². The summed E-state index contributed by atoms with van der Waals surface area (Å²) in [5, 5.41) is 12.0. The van der Waals surface area contributed by atoms with Crippen LogP contribution in [0.25, 0.3) is 0 Å². The summed E-state index contributed by atoms with van der Waals surface area (Å²) in [7, 11) is 1.61. The molecule has 0 spiro atoms. The van der Waals surface area contributed by atoms with Crippen LogP contribution in [-0.4, -0.2) is 23.9 Å². The lowest BCUT2D eigenvalue weighted by atomic mass is 9.93. The Morgan fingerprint density at radius 2 is 2.05 bits per heavy atom. The van der Waals surface area contributed by atoms with E-state index >= 15 is 0 Å². The van der Waals surface area contributed by atoms with Crippen LogP contribution in [0, 0.1) is 0 Å². The normalized spacial score (nSPS) is 20.4. The summed E-state index contributed by atoms with van der Waals surface area (Å²) in [5.41, 5.74) is 2.45. The lowest BCUT2D eigenvalue weighted by Crippen LogP contribution is -2.24. The SMILES string of the molecule is CCNC(/C1=C/CCCCCC1)c1ccc(OC)nn1. The lowest BCUT2D eigenvalue weighted by molar-refractivity contribution is 0.390. The number of aromatic nitrogens is 2. The summed E-state index contributed by atoms with van der Waals surface area (Å²) in [6.07, 6.45) is 10.0. The van der Waals surface area contributed by atoms with Gasteiger partial charge >= 0.3 is 0 Å². The van der Waals surface area contributed by atoms with E-state index in [1.807, 2.05) is 12.1 Å². The van der Waals surface area contributed by atoms with E-state index in [-0.39, 0.29) is 6.04 Å². The van der Waals surface area contributed by atoms with Gasteiger partial charge in [0, 0.05) is 6.07 Å². The Bertz CT molecular complexity index is 428. The van der Waals surface area contributed by atoms with Crippen molar-refractivity contribution >= 4 is 0 Å². The largest absolute Gasteiger partial charge is 0.480 e. The number of nitrogens with zero attached hydrogens (tertiary/aromatic N) is 2. The second-order valence-electron chi connectivity index (χ2n) is 5.22. The molecule has 2 rings (SSSR count). The van der Waals surface area contributed by atoms with Crippen molar-refractivity contribution in [3.05, 3.63) is 29.5 Å². The monoisotopic (exact) mass is 275 g/mol. The van der Waals surface area contributed by atoms with Gasteiger partial charge in [-0.25, -0.2) is 0 Å². The standard InChI is InChI=1S/C16H25N3O/c1-3-17-16(13-9-7-5-4-6-8-10-13)14-11-12-15(20-2)19-18-14/h9,11-12,16-17H,3-8,10H2,1-2H3/b13-9+. The van der Waals surface area contributed by atoms with Crippen molar-refractivity contribution in [2.75, 3.05) is 13.7 Å². The molecular weight excluding hydrogens is 250 g/mol. The van der Waals surface area contributed by atoms with E-state index in [4.69, 9.17) is 4.74 Å². The number of hydrogen-bond acceptors (Lipinski definition) is 4. The first-order valence-electron chi connectivity index (χ1n) is 7.65. The van der Waals surface area contributed by atoms with E-state index in [1.54, 1.807) is 7.11 Å². The van der Waals surface area contributed by atoms with Crippen molar-refractivity contribution in [1.29, 1.82) is 0 Å². The maximum absolute atomic E-state index is 5.08. The van der Waals surface area contributed by atoms with Crippen LogP contribution in [-0.2, 0) is 0 Å². The van der Waals surface area contributed by atoms with E-state index in [1.165, 1.54) is 37.7 Å². The molecule has 4 heteroatoms. The fourth-order valence-corrected chi connectivity index (χ4v) is 2.70. The number of methoxy groups -OCH3 is 1. The van der Waals surface area contributed by atoms with Crippen LogP contribution in [0.15, 0.2) is 23.8 Å². The van der Waals surface area contributed by atoms with Gasteiger partial charge in [0.2, 0.25) is 5.88 Å². The molecule has 1 heterocycles. The predicted octanol–water partition coefficient (Wildman–Crippen LogP) is 3.42. The van der Waals surface area contributed by atoms with Crippen molar-refractivity contribution in [3.8, 4) is 5.88 Å². The van der Waals surface area contributed by atoms with Crippen molar-refractivity contribution < 1.29 is 4.74 Å². The maximum Gasteiger partial charge on any atom is 0.233 e. The number of allylic oxidation sites excluding steroid dienone is 1. The quantitative estimate of drug-likeness (QED) is 0.836. The van der Waals surface area contributed by atoms with Gasteiger partial charge < -0.3 is 10.1 Å². The van der Waals surface area contributed by atoms with Gasteiger partial charge in [-0.15, -0.1) is 10.2 Å². The van der Waals surface area contributed by atoms with Crippen molar-refractivity contribution in [2.24, 2.45) is 0 Å². The molecule has 0 aromatic carbocycles. The van der Waals surface area contributed by atoms with Crippen LogP contribution in [0.4, 0.5) is 0 Å². The molecule has 0 saturated heterocycles.